The van der Waals surface area contributed by atoms with Gasteiger partial charge in [0.15, 0.2) is 0 Å². The minimum absolute atomic E-state index is 0.930. The van der Waals surface area contributed by atoms with Crippen LogP contribution < -0.4 is 0 Å². The van der Waals surface area contributed by atoms with Gasteiger partial charge in [-0.3, -0.25) is 0 Å². The number of rotatable bonds is 4. The number of benzene rings is 2. The van der Waals surface area contributed by atoms with Gasteiger partial charge in [-0.15, -0.1) is 0 Å². The van der Waals surface area contributed by atoms with Crippen molar-refractivity contribution in [2.75, 3.05) is 0 Å². The fraction of sp³-hybridized carbons (Fsp3) is 0.125. The maximum atomic E-state index is 3.96. The fourth-order valence-corrected chi connectivity index (χ4v) is 1.91. The van der Waals surface area contributed by atoms with E-state index in [1.54, 1.807) is 0 Å². The van der Waals surface area contributed by atoms with E-state index in [4.69, 9.17) is 0 Å². The summed E-state index contributed by atoms with van der Waals surface area (Å²) < 4.78 is 0. The minimum Gasteiger partial charge on any atom is -0.0622 e. The Morgan fingerprint density at radius 3 is 1.56 bits per heavy atom. The first-order chi connectivity index (χ1) is 7.92. The van der Waals surface area contributed by atoms with Crippen molar-refractivity contribution in [3.8, 4) is 0 Å². The molecule has 2 radical (unpaired) electrons. The monoisotopic (exact) mass is 208 g/mol. The molecule has 0 aliphatic carbocycles. The third-order valence-electron chi connectivity index (χ3n) is 2.67. The molecule has 0 nitrogen and oxygen atoms in total. The van der Waals surface area contributed by atoms with E-state index in [0.29, 0.717) is 0 Å². The highest BCUT2D eigenvalue weighted by molar-refractivity contribution is 5.45. The molecule has 0 fully saturated rings. The molecule has 0 saturated heterocycles. The Kier molecular flexibility index (Phi) is 3.76. The van der Waals surface area contributed by atoms with Crippen molar-refractivity contribution < 1.29 is 0 Å². The molecule has 0 heteroatoms. The van der Waals surface area contributed by atoms with Crippen LogP contribution in [0, 0.1) is 12.8 Å². The number of hydrogen-bond acceptors (Lipinski definition) is 0. The molecule has 0 aliphatic heterocycles. The quantitative estimate of drug-likeness (QED) is 0.703. The van der Waals surface area contributed by atoms with Crippen LogP contribution in [0.2, 0.25) is 0 Å². The summed E-state index contributed by atoms with van der Waals surface area (Å²) in [6, 6.07) is 21.1. The summed E-state index contributed by atoms with van der Waals surface area (Å²) in [6.45, 7) is 3.96. The number of hydrogen-bond donors (Lipinski definition) is 0. The second-order valence-electron chi connectivity index (χ2n) is 3.81. The van der Waals surface area contributed by atoms with Crippen molar-refractivity contribution in [1.82, 2.24) is 0 Å². The minimum atomic E-state index is 0.930. The average Bonchev–Trinajstić information content (AvgIpc) is 2.38. The largest absolute Gasteiger partial charge is 0.0622 e. The highest BCUT2D eigenvalue weighted by atomic mass is 14.2. The lowest BCUT2D eigenvalue weighted by atomic mass is 9.88. The second-order valence-corrected chi connectivity index (χ2v) is 3.81. The van der Waals surface area contributed by atoms with Gasteiger partial charge in [0.05, 0.1) is 0 Å². The lowest BCUT2D eigenvalue weighted by Crippen LogP contribution is -2.01. The topological polar surface area (TPSA) is 0 Å². The molecule has 0 aromatic heterocycles. The molecule has 0 aliphatic rings. The molecule has 80 valence electrons. The van der Waals surface area contributed by atoms with E-state index in [2.05, 4.69) is 67.6 Å². The first-order valence-corrected chi connectivity index (χ1v) is 5.67. The Bertz CT molecular complexity index is 363. The molecule has 0 heterocycles. The van der Waals surface area contributed by atoms with Crippen LogP contribution in [-0.2, 0) is 0 Å². The summed E-state index contributed by atoms with van der Waals surface area (Å²) in [4.78, 5) is 0. The molecule has 0 atom stereocenters. The molecular formula is C16H16. The zero-order valence-electron chi connectivity index (χ0n) is 9.39. The highest BCUT2D eigenvalue weighted by Crippen LogP contribution is 2.27. The van der Waals surface area contributed by atoms with Crippen molar-refractivity contribution in [2.24, 2.45) is 0 Å². The fourth-order valence-electron chi connectivity index (χ4n) is 1.91. The van der Waals surface area contributed by atoms with E-state index < -0.39 is 0 Å². The van der Waals surface area contributed by atoms with Gasteiger partial charge in [-0.1, -0.05) is 74.0 Å². The van der Waals surface area contributed by atoms with Crippen LogP contribution in [0.5, 0.6) is 0 Å². The Balaban J connectivity index is 2.31. The van der Waals surface area contributed by atoms with Gasteiger partial charge in [-0.25, -0.2) is 0 Å². The van der Waals surface area contributed by atoms with Crippen molar-refractivity contribution >= 4 is 0 Å². The highest BCUT2D eigenvalue weighted by Gasteiger charge is 2.12. The van der Waals surface area contributed by atoms with Gasteiger partial charge in [0.25, 0.3) is 0 Å². The van der Waals surface area contributed by atoms with Crippen LogP contribution in [-0.4, -0.2) is 0 Å². The van der Waals surface area contributed by atoms with Gasteiger partial charge in [-0.05, 0) is 17.5 Å². The molecule has 0 saturated carbocycles. The van der Waals surface area contributed by atoms with Crippen LogP contribution in [0.3, 0.4) is 0 Å². The summed E-state index contributed by atoms with van der Waals surface area (Å²) in [6.07, 6.45) is 1.95. The Hall–Kier alpha value is -1.56. The van der Waals surface area contributed by atoms with Crippen molar-refractivity contribution in [3.63, 3.8) is 0 Å². The predicted octanol–water partition coefficient (Wildman–Crippen LogP) is 4.27. The first kappa shape index (κ1) is 10.9. The maximum absolute atomic E-state index is 3.96. The molecule has 0 spiro atoms. The molecule has 0 amide bonds. The smallest absolute Gasteiger partial charge is 0.0340 e. The third kappa shape index (κ3) is 2.52. The Morgan fingerprint density at radius 1 is 0.750 bits per heavy atom. The van der Waals surface area contributed by atoms with Gasteiger partial charge >= 0.3 is 0 Å². The Labute approximate surface area is 97.9 Å². The average molecular weight is 208 g/mol. The van der Waals surface area contributed by atoms with Gasteiger partial charge in [0.2, 0.25) is 0 Å². The molecule has 16 heavy (non-hydrogen) atoms. The van der Waals surface area contributed by atoms with Crippen molar-refractivity contribution in [2.45, 2.75) is 12.8 Å². The van der Waals surface area contributed by atoms with Crippen LogP contribution >= 0.6 is 0 Å². The van der Waals surface area contributed by atoms with E-state index in [9.17, 15) is 0 Å². The van der Waals surface area contributed by atoms with E-state index >= 15 is 0 Å². The van der Waals surface area contributed by atoms with Gasteiger partial charge in [-0.2, -0.15) is 0 Å². The molecular weight excluding hydrogens is 192 g/mol. The van der Waals surface area contributed by atoms with Gasteiger partial charge < -0.3 is 0 Å². The summed E-state index contributed by atoms with van der Waals surface area (Å²) in [5.41, 5.74) is 2.61. The van der Waals surface area contributed by atoms with Crippen molar-refractivity contribution in [1.29, 1.82) is 0 Å². The summed E-state index contributed by atoms with van der Waals surface area (Å²) in [5.74, 6) is 1.39. The lowest BCUT2D eigenvalue weighted by molar-refractivity contribution is 0.901. The molecule has 2 rings (SSSR count). The molecule has 2 aromatic rings. The maximum Gasteiger partial charge on any atom is 0.0340 e. The van der Waals surface area contributed by atoms with Gasteiger partial charge in [0, 0.05) is 5.92 Å². The molecule has 0 unspecified atom stereocenters. The van der Waals surface area contributed by atoms with Crippen LogP contribution in [0.15, 0.2) is 60.7 Å². The Morgan fingerprint density at radius 2 is 1.19 bits per heavy atom. The predicted molar refractivity (Wildman–Crippen MR) is 68.9 cm³/mol. The normalized spacial score (nSPS) is 10.6. The van der Waals surface area contributed by atoms with Crippen molar-refractivity contribution in [3.05, 3.63) is 84.6 Å². The van der Waals surface area contributed by atoms with E-state index in [-0.39, 0.29) is 0 Å². The second kappa shape index (κ2) is 5.50. The molecule has 0 N–H and O–H groups in total. The summed E-state index contributed by atoms with van der Waals surface area (Å²) >= 11 is 0. The summed E-state index contributed by atoms with van der Waals surface area (Å²) in [5, 5.41) is 0. The lowest BCUT2D eigenvalue weighted by Gasteiger charge is -2.16. The third-order valence-corrected chi connectivity index (χ3v) is 2.67. The van der Waals surface area contributed by atoms with Crippen LogP contribution in [0.4, 0.5) is 0 Å². The van der Waals surface area contributed by atoms with Gasteiger partial charge in [0.1, 0.15) is 0 Å². The summed E-state index contributed by atoms with van der Waals surface area (Å²) in [7, 11) is 0. The zero-order chi connectivity index (χ0) is 11.2. The SMILES string of the molecule is [CH2]CC[C](c1ccccc1)c1ccccc1. The zero-order valence-corrected chi connectivity index (χ0v) is 9.39. The molecule has 2 aromatic carbocycles. The van der Waals surface area contributed by atoms with Crippen LogP contribution in [0.25, 0.3) is 0 Å². The standard InChI is InChI=1S/C16H16/c1-2-9-16(14-10-5-3-6-11-14)15-12-7-4-8-13-15/h3-8,10-13H,1-2,9H2. The van der Waals surface area contributed by atoms with E-state index in [1.165, 1.54) is 17.0 Å². The first-order valence-electron chi connectivity index (χ1n) is 5.67. The van der Waals surface area contributed by atoms with E-state index in [0.717, 1.165) is 12.8 Å². The van der Waals surface area contributed by atoms with E-state index in [1.807, 2.05) is 0 Å². The van der Waals surface area contributed by atoms with Crippen LogP contribution in [0.1, 0.15) is 24.0 Å². The molecule has 0 bridgehead atoms.